The van der Waals surface area contributed by atoms with E-state index >= 15 is 0 Å². The van der Waals surface area contributed by atoms with E-state index in [-0.39, 0.29) is 11.9 Å². The van der Waals surface area contributed by atoms with E-state index in [1.807, 2.05) is 19.1 Å². The molecule has 2 rings (SSSR count). The number of rotatable bonds is 7. The molecule has 128 valence electrons. The highest BCUT2D eigenvalue weighted by molar-refractivity contribution is 9.10. The average Bonchev–Trinajstić information content (AvgIpc) is 2.50. The number of halogens is 1. The summed E-state index contributed by atoms with van der Waals surface area (Å²) >= 11 is 3.53. The minimum absolute atomic E-state index is 0.0250. The SMILES string of the molecule is CC(C)COCCC(=O)N[C@H](C)c1cc2c(cc1Br)OCCO2. The Hall–Kier alpha value is -1.27. The fourth-order valence-corrected chi connectivity index (χ4v) is 2.95. The Labute approximate surface area is 145 Å². The van der Waals surface area contributed by atoms with Gasteiger partial charge in [0.05, 0.1) is 12.6 Å². The second-order valence-corrected chi connectivity index (χ2v) is 6.88. The Morgan fingerprint density at radius 1 is 1.26 bits per heavy atom. The van der Waals surface area contributed by atoms with Crippen LogP contribution < -0.4 is 14.8 Å². The molecule has 1 heterocycles. The molecular weight excluding hydrogens is 362 g/mol. The van der Waals surface area contributed by atoms with Crippen molar-refractivity contribution in [1.29, 1.82) is 0 Å². The number of hydrogen-bond acceptors (Lipinski definition) is 4. The van der Waals surface area contributed by atoms with Crippen molar-refractivity contribution in [2.75, 3.05) is 26.4 Å². The number of hydrogen-bond donors (Lipinski definition) is 1. The maximum Gasteiger partial charge on any atom is 0.222 e. The molecule has 0 unspecified atom stereocenters. The lowest BCUT2D eigenvalue weighted by atomic mass is 10.1. The maximum atomic E-state index is 12.0. The summed E-state index contributed by atoms with van der Waals surface area (Å²) in [6.07, 6.45) is 0.360. The van der Waals surface area contributed by atoms with Gasteiger partial charge in [-0.1, -0.05) is 29.8 Å². The third-order valence-electron chi connectivity index (χ3n) is 3.43. The number of carbonyl (C=O) groups is 1. The van der Waals surface area contributed by atoms with Crippen LogP contribution in [0.3, 0.4) is 0 Å². The van der Waals surface area contributed by atoms with Gasteiger partial charge >= 0.3 is 0 Å². The summed E-state index contributed by atoms with van der Waals surface area (Å²) in [7, 11) is 0. The molecule has 1 atom stereocenters. The van der Waals surface area contributed by atoms with Gasteiger partial charge in [0.1, 0.15) is 13.2 Å². The molecule has 1 aliphatic heterocycles. The van der Waals surface area contributed by atoms with Gasteiger partial charge < -0.3 is 19.5 Å². The smallest absolute Gasteiger partial charge is 0.222 e. The highest BCUT2D eigenvalue weighted by atomic mass is 79.9. The molecule has 0 spiro atoms. The van der Waals surface area contributed by atoms with Gasteiger partial charge in [0, 0.05) is 17.5 Å². The average molecular weight is 386 g/mol. The van der Waals surface area contributed by atoms with E-state index in [2.05, 4.69) is 35.1 Å². The zero-order valence-electron chi connectivity index (χ0n) is 13.9. The summed E-state index contributed by atoms with van der Waals surface area (Å²) in [4.78, 5) is 12.0. The Balaban J connectivity index is 1.90. The lowest BCUT2D eigenvalue weighted by Gasteiger charge is -2.22. The first-order valence-corrected chi connectivity index (χ1v) is 8.72. The van der Waals surface area contributed by atoms with Crippen LogP contribution in [0.5, 0.6) is 11.5 Å². The molecule has 5 nitrogen and oxygen atoms in total. The van der Waals surface area contributed by atoms with Gasteiger partial charge in [-0.2, -0.15) is 0 Å². The van der Waals surface area contributed by atoms with Crippen molar-refractivity contribution >= 4 is 21.8 Å². The van der Waals surface area contributed by atoms with E-state index in [0.717, 1.165) is 21.5 Å². The molecule has 0 saturated carbocycles. The quantitative estimate of drug-likeness (QED) is 0.730. The second kappa shape index (κ2) is 8.55. The Morgan fingerprint density at radius 3 is 2.57 bits per heavy atom. The summed E-state index contributed by atoms with van der Waals surface area (Å²) < 4.78 is 17.5. The van der Waals surface area contributed by atoms with Gasteiger partial charge in [-0.15, -0.1) is 0 Å². The van der Waals surface area contributed by atoms with Crippen LogP contribution in [0.1, 0.15) is 38.8 Å². The molecule has 1 N–H and O–H groups in total. The van der Waals surface area contributed by atoms with Crippen molar-refractivity contribution in [1.82, 2.24) is 5.32 Å². The summed E-state index contributed by atoms with van der Waals surface area (Å²) in [6.45, 7) is 8.34. The number of benzene rings is 1. The van der Waals surface area contributed by atoms with Crippen LogP contribution in [0.15, 0.2) is 16.6 Å². The second-order valence-electron chi connectivity index (χ2n) is 6.03. The number of carbonyl (C=O) groups excluding carboxylic acids is 1. The van der Waals surface area contributed by atoms with Crippen LogP contribution in [0.2, 0.25) is 0 Å². The standard InChI is InChI=1S/C17H24BrNO4/c1-11(2)10-21-5-4-17(20)19-12(3)13-8-15-16(9-14(13)18)23-7-6-22-15/h8-9,11-12H,4-7,10H2,1-3H3,(H,19,20)/t12-/m1/s1. The molecule has 6 heteroatoms. The van der Waals surface area contributed by atoms with Crippen molar-refractivity contribution in [3.8, 4) is 11.5 Å². The minimum atomic E-state index is -0.127. The number of fused-ring (bicyclic) bond motifs is 1. The first-order valence-electron chi connectivity index (χ1n) is 7.93. The van der Waals surface area contributed by atoms with E-state index in [9.17, 15) is 4.79 Å². The van der Waals surface area contributed by atoms with Crippen molar-refractivity contribution < 1.29 is 19.0 Å². The molecule has 0 saturated heterocycles. The third kappa shape index (κ3) is 5.39. The van der Waals surface area contributed by atoms with Crippen LogP contribution in [-0.2, 0) is 9.53 Å². The third-order valence-corrected chi connectivity index (χ3v) is 4.12. The summed E-state index contributed by atoms with van der Waals surface area (Å²) in [5.74, 6) is 1.90. The molecular formula is C17H24BrNO4. The molecule has 0 radical (unpaired) electrons. The molecule has 1 aromatic rings. The highest BCUT2D eigenvalue weighted by Crippen LogP contribution is 2.37. The number of amides is 1. The van der Waals surface area contributed by atoms with E-state index in [0.29, 0.717) is 38.8 Å². The van der Waals surface area contributed by atoms with Gasteiger partial charge in [-0.05, 0) is 30.5 Å². The van der Waals surface area contributed by atoms with Gasteiger partial charge in [0.2, 0.25) is 5.91 Å². The summed E-state index contributed by atoms with van der Waals surface area (Å²) in [5, 5.41) is 2.99. The van der Waals surface area contributed by atoms with Gasteiger partial charge in [-0.25, -0.2) is 0 Å². The first-order chi connectivity index (χ1) is 11.0. The van der Waals surface area contributed by atoms with Crippen molar-refractivity contribution in [2.45, 2.75) is 33.2 Å². The van der Waals surface area contributed by atoms with Crippen LogP contribution in [-0.4, -0.2) is 32.3 Å². The summed E-state index contributed by atoms with van der Waals surface area (Å²) in [6, 6.07) is 3.68. The minimum Gasteiger partial charge on any atom is -0.486 e. The maximum absolute atomic E-state index is 12.0. The molecule has 0 aliphatic carbocycles. The Morgan fingerprint density at radius 2 is 1.91 bits per heavy atom. The van der Waals surface area contributed by atoms with E-state index < -0.39 is 0 Å². The highest BCUT2D eigenvalue weighted by Gasteiger charge is 2.19. The van der Waals surface area contributed by atoms with Crippen LogP contribution >= 0.6 is 15.9 Å². The molecule has 1 aliphatic rings. The number of ether oxygens (including phenoxy) is 3. The van der Waals surface area contributed by atoms with E-state index in [1.54, 1.807) is 0 Å². The van der Waals surface area contributed by atoms with Gasteiger partial charge in [-0.3, -0.25) is 4.79 Å². The normalized spacial score (nSPS) is 14.7. The largest absolute Gasteiger partial charge is 0.486 e. The molecule has 0 fully saturated rings. The van der Waals surface area contributed by atoms with Crippen molar-refractivity contribution in [3.63, 3.8) is 0 Å². The molecule has 0 bridgehead atoms. The topological polar surface area (TPSA) is 56.8 Å². The van der Waals surface area contributed by atoms with Crippen molar-refractivity contribution in [2.24, 2.45) is 5.92 Å². The molecule has 1 aromatic carbocycles. The van der Waals surface area contributed by atoms with E-state index in [4.69, 9.17) is 14.2 Å². The fraction of sp³-hybridized carbons (Fsp3) is 0.588. The summed E-state index contributed by atoms with van der Waals surface area (Å²) in [5.41, 5.74) is 0.964. The van der Waals surface area contributed by atoms with Crippen LogP contribution in [0.4, 0.5) is 0 Å². The molecule has 0 aromatic heterocycles. The Bertz CT molecular complexity index is 548. The molecule has 23 heavy (non-hydrogen) atoms. The van der Waals surface area contributed by atoms with Gasteiger partial charge in [0.15, 0.2) is 11.5 Å². The van der Waals surface area contributed by atoms with E-state index in [1.165, 1.54) is 0 Å². The lowest BCUT2D eigenvalue weighted by molar-refractivity contribution is -0.122. The Kier molecular flexibility index (Phi) is 6.72. The zero-order chi connectivity index (χ0) is 16.8. The first kappa shape index (κ1) is 18.1. The molecule has 1 amide bonds. The predicted octanol–water partition coefficient (Wildman–Crippen LogP) is 3.46. The van der Waals surface area contributed by atoms with Crippen LogP contribution in [0.25, 0.3) is 0 Å². The fourth-order valence-electron chi connectivity index (χ4n) is 2.29. The van der Waals surface area contributed by atoms with Crippen LogP contribution in [0, 0.1) is 5.92 Å². The van der Waals surface area contributed by atoms with Crippen molar-refractivity contribution in [3.05, 3.63) is 22.2 Å². The number of nitrogens with one attached hydrogen (secondary N) is 1. The lowest BCUT2D eigenvalue weighted by Crippen LogP contribution is -2.28. The monoisotopic (exact) mass is 385 g/mol. The van der Waals surface area contributed by atoms with Gasteiger partial charge in [0.25, 0.3) is 0 Å². The zero-order valence-corrected chi connectivity index (χ0v) is 15.4. The predicted molar refractivity (Wildman–Crippen MR) is 92.0 cm³/mol.